The quantitative estimate of drug-likeness (QED) is 0.890. The number of aryl methyl sites for hydroxylation is 3. The molecular formula is C11H14BrN5O2. The Labute approximate surface area is 118 Å². The third-order valence-corrected chi connectivity index (χ3v) is 3.79. The van der Waals surface area contributed by atoms with Crippen molar-refractivity contribution in [2.75, 3.05) is 0 Å². The number of hydrogen-bond donors (Lipinski definition) is 1. The second-order valence-corrected chi connectivity index (χ2v) is 5.06. The van der Waals surface area contributed by atoms with Crippen LogP contribution in [-0.4, -0.2) is 35.9 Å². The van der Waals surface area contributed by atoms with Crippen LogP contribution in [0.5, 0.6) is 0 Å². The highest BCUT2D eigenvalue weighted by Crippen LogP contribution is 2.20. The van der Waals surface area contributed by atoms with Crippen molar-refractivity contribution in [3.63, 3.8) is 0 Å². The van der Waals surface area contributed by atoms with E-state index < -0.39 is 5.97 Å². The van der Waals surface area contributed by atoms with Crippen molar-refractivity contribution in [2.45, 2.75) is 26.3 Å². The first kappa shape index (κ1) is 13.7. The largest absolute Gasteiger partial charge is 0.481 e. The highest BCUT2D eigenvalue weighted by molar-refractivity contribution is 9.10. The van der Waals surface area contributed by atoms with E-state index in [-0.39, 0.29) is 6.42 Å². The normalized spacial score (nSPS) is 10.9. The van der Waals surface area contributed by atoms with Crippen molar-refractivity contribution in [1.82, 2.24) is 24.8 Å². The van der Waals surface area contributed by atoms with E-state index in [2.05, 4.69) is 31.3 Å². The van der Waals surface area contributed by atoms with Gasteiger partial charge < -0.3 is 5.11 Å². The van der Waals surface area contributed by atoms with Gasteiger partial charge in [-0.3, -0.25) is 9.48 Å². The number of rotatable bonds is 5. The second kappa shape index (κ2) is 5.52. The van der Waals surface area contributed by atoms with Crippen molar-refractivity contribution in [2.24, 2.45) is 7.05 Å². The highest BCUT2D eigenvalue weighted by atomic mass is 79.9. The Hall–Kier alpha value is -1.70. The molecule has 1 N–H and O–H groups in total. The van der Waals surface area contributed by atoms with Crippen molar-refractivity contribution in [3.8, 4) is 0 Å². The third kappa shape index (κ3) is 3.19. The minimum absolute atomic E-state index is 0.0627. The number of carbonyl (C=O) groups is 1. The molecule has 0 spiro atoms. The number of hydrogen-bond acceptors (Lipinski definition) is 4. The molecule has 19 heavy (non-hydrogen) atoms. The summed E-state index contributed by atoms with van der Waals surface area (Å²) in [5, 5.41) is 20.9. The van der Waals surface area contributed by atoms with Gasteiger partial charge in [0, 0.05) is 19.7 Å². The fourth-order valence-corrected chi connectivity index (χ4v) is 2.23. The zero-order valence-corrected chi connectivity index (χ0v) is 12.3. The van der Waals surface area contributed by atoms with Crippen LogP contribution in [0, 0.1) is 6.92 Å². The smallest absolute Gasteiger partial charge is 0.303 e. The van der Waals surface area contributed by atoms with Crippen LogP contribution in [0.3, 0.4) is 0 Å². The van der Waals surface area contributed by atoms with Crippen molar-refractivity contribution >= 4 is 21.9 Å². The molecule has 2 aromatic rings. The molecule has 7 nitrogen and oxygen atoms in total. The Morgan fingerprint density at radius 2 is 2.26 bits per heavy atom. The van der Waals surface area contributed by atoms with Gasteiger partial charge in [0.1, 0.15) is 0 Å². The van der Waals surface area contributed by atoms with E-state index in [0.29, 0.717) is 18.7 Å². The van der Waals surface area contributed by atoms with Crippen LogP contribution in [0.2, 0.25) is 0 Å². The number of aliphatic carboxylic acids is 1. The standard InChI is InChI=1S/C11H14BrN5O2/c1-7-11(12)9(16(2)14-7)6-17-5-8(13-15-17)3-4-10(18)19/h5H,3-4,6H2,1-2H3,(H,18,19). The molecule has 0 unspecified atom stereocenters. The van der Waals surface area contributed by atoms with Crippen LogP contribution in [0.4, 0.5) is 0 Å². The maximum Gasteiger partial charge on any atom is 0.303 e. The van der Waals surface area contributed by atoms with E-state index >= 15 is 0 Å². The molecule has 2 heterocycles. The molecule has 0 aliphatic carbocycles. The van der Waals surface area contributed by atoms with Gasteiger partial charge in [-0.2, -0.15) is 5.10 Å². The predicted octanol–water partition coefficient (Wildman–Crippen LogP) is 1.15. The van der Waals surface area contributed by atoms with Gasteiger partial charge in [0.25, 0.3) is 0 Å². The fourth-order valence-electron chi connectivity index (χ4n) is 1.77. The fraction of sp³-hybridized carbons (Fsp3) is 0.455. The molecule has 0 radical (unpaired) electrons. The topological polar surface area (TPSA) is 85.8 Å². The number of carboxylic acids is 1. The van der Waals surface area contributed by atoms with Gasteiger partial charge in [0.15, 0.2) is 0 Å². The maximum absolute atomic E-state index is 10.5. The molecule has 0 aliphatic heterocycles. The summed E-state index contributed by atoms with van der Waals surface area (Å²) in [6.07, 6.45) is 2.21. The Morgan fingerprint density at radius 1 is 1.53 bits per heavy atom. The lowest BCUT2D eigenvalue weighted by Gasteiger charge is -2.02. The molecule has 0 fully saturated rings. The van der Waals surface area contributed by atoms with Crippen molar-refractivity contribution in [1.29, 1.82) is 0 Å². The van der Waals surface area contributed by atoms with Gasteiger partial charge in [0.2, 0.25) is 0 Å². The Morgan fingerprint density at radius 3 is 2.84 bits per heavy atom. The van der Waals surface area contributed by atoms with Crippen molar-refractivity contribution < 1.29 is 9.90 Å². The number of halogens is 1. The molecule has 0 amide bonds. The molecular weight excluding hydrogens is 314 g/mol. The molecule has 0 aliphatic rings. The van der Waals surface area contributed by atoms with Gasteiger partial charge in [-0.15, -0.1) is 5.10 Å². The van der Waals surface area contributed by atoms with E-state index in [0.717, 1.165) is 15.9 Å². The van der Waals surface area contributed by atoms with Crippen molar-refractivity contribution in [3.05, 3.63) is 27.8 Å². The summed E-state index contributed by atoms with van der Waals surface area (Å²) in [5.74, 6) is -0.834. The zero-order valence-electron chi connectivity index (χ0n) is 10.7. The summed E-state index contributed by atoms with van der Waals surface area (Å²) >= 11 is 3.49. The van der Waals surface area contributed by atoms with E-state index in [1.54, 1.807) is 15.6 Å². The molecule has 0 atom stereocenters. The molecule has 0 saturated heterocycles. The summed E-state index contributed by atoms with van der Waals surface area (Å²) in [6.45, 7) is 2.46. The first-order valence-electron chi connectivity index (χ1n) is 5.76. The maximum atomic E-state index is 10.5. The number of carboxylic acid groups (broad SMARTS) is 1. The molecule has 2 aromatic heterocycles. The van der Waals surface area contributed by atoms with Gasteiger partial charge in [-0.05, 0) is 22.9 Å². The lowest BCUT2D eigenvalue weighted by molar-refractivity contribution is -0.136. The number of nitrogens with zero attached hydrogens (tertiary/aromatic N) is 5. The van der Waals surface area contributed by atoms with Crippen LogP contribution in [-0.2, 0) is 24.8 Å². The van der Waals surface area contributed by atoms with E-state index in [1.165, 1.54) is 0 Å². The SMILES string of the molecule is Cc1nn(C)c(Cn2cc(CCC(=O)O)nn2)c1Br. The van der Waals surface area contributed by atoms with Crippen LogP contribution in [0.1, 0.15) is 23.5 Å². The summed E-state index contributed by atoms with van der Waals surface area (Å²) in [5.41, 5.74) is 2.59. The Kier molecular flexibility index (Phi) is 3.98. The molecule has 0 bridgehead atoms. The van der Waals surface area contributed by atoms with Gasteiger partial charge >= 0.3 is 5.97 Å². The number of aromatic nitrogens is 5. The summed E-state index contributed by atoms with van der Waals surface area (Å²) < 4.78 is 4.42. The summed E-state index contributed by atoms with van der Waals surface area (Å²) in [4.78, 5) is 10.5. The minimum Gasteiger partial charge on any atom is -0.481 e. The molecule has 0 aromatic carbocycles. The van der Waals surface area contributed by atoms with Gasteiger partial charge in [0.05, 0.1) is 34.5 Å². The lowest BCUT2D eigenvalue weighted by atomic mass is 10.2. The van der Waals surface area contributed by atoms with Crippen LogP contribution in [0.15, 0.2) is 10.7 Å². The van der Waals surface area contributed by atoms with E-state index in [1.807, 2.05) is 14.0 Å². The average molecular weight is 328 g/mol. The monoisotopic (exact) mass is 327 g/mol. The Balaban J connectivity index is 2.09. The van der Waals surface area contributed by atoms with Crippen LogP contribution < -0.4 is 0 Å². The first-order valence-corrected chi connectivity index (χ1v) is 6.55. The second-order valence-electron chi connectivity index (χ2n) is 4.27. The third-order valence-electron chi connectivity index (χ3n) is 2.75. The summed E-state index contributed by atoms with van der Waals surface area (Å²) in [7, 11) is 1.87. The highest BCUT2D eigenvalue weighted by Gasteiger charge is 2.12. The van der Waals surface area contributed by atoms with E-state index in [9.17, 15) is 4.79 Å². The Bertz CT molecular complexity index is 604. The zero-order chi connectivity index (χ0) is 14.0. The molecule has 102 valence electrons. The average Bonchev–Trinajstić information content (AvgIpc) is 2.88. The molecule has 2 rings (SSSR count). The lowest BCUT2D eigenvalue weighted by Crippen LogP contribution is -2.06. The van der Waals surface area contributed by atoms with Crippen LogP contribution >= 0.6 is 15.9 Å². The van der Waals surface area contributed by atoms with Gasteiger partial charge in [-0.1, -0.05) is 5.21 Å². The minimum atomic E-state index is -0.834. The molecule has 0 saturated carbocycles. The van der Waals surface area contributed by atoms with Crippen LogP contribution in [0.25, 0.3) is 0 Å². The summed E-state index contributed by atoms with van der Waals surface area (Å²) in [6, 6.07) is 0. The van der Waals surface area contributed by atoms with E-state index in [4.69, 9.17) is 5.11 Å². The molecule has 8 heteroatoms. The first-order chi connectivity index (χ1) is 8.97. The van der Waals surface area contributed by atoms with Gasteiger partial charge in [-0.25, -0.2) is 4.68 Å². The predicted molar refractivity (Wildman–Crippen MR) is 70.7 cm³/mol.